The molecular weight excluding hydrogens is 236 g/mol. The predicted octanol–water partition coefficient (Wildman–Crippen LogP) is 4.98. The Morgan fingerprint density at radius 2 is 1.58 bits per heavy atom. The number of hydrogen-bond acceptors (Lipinski definition) is 2. The van der Waals surface area contributed by atoms with Crippen LogP contribution in [0.3, 0.4) is 0 Å². The fraction of sp³-hybridized carbons (Fsp3) is 0.824. The first-order chi connectivity index (χ1) is 8.95. The quantitative estimate of drug-likeness (QED) is 0.300. The predicted molar refractivity (Wildman–Crippen MR) is 82.0 cm³/mol. The second-order valence-corrected chi connectivity index (χ2v) is 6.35. The summed E-state index contributed by atoms with van der Waals surface area (Å²) in [6.45, 7) is 13.0. The number of unbranched alkanes of at least 4 members (excludes halogenated alkanes) is 1. The number of rotatable bonds is 11. The Kier molecular flexibility index (Phi) is 10.6. The summed E-state index contributed by atoms with van der Waals surface area (Å²) in [4.78, 5) is 11.1. The Morgan fingerprint density at radius 1 is 1.00 bits per heavy atom. The minimum absolute atomic E-state index is 0.295. The van der Waals surface area contributed by atoms with Gasteiger partial charge in [-0.1, -0.05) is 60.0 Å². The topological polar surface area (TPSA) is 26.3 Å². The zero-order valence-electron chi connectivity index (χ0n) is 13.3. The van der Waals surface area contributed by atoms with Gasteiger partial charge in [0.1, 0.15) is 0 Å². The van der Waals surface area contributed by atoms with Crippen LogP contribution in [-0.4, -0.2) is 12.6 Å². The van der Waals surface area contributed by atoms with Gasteiger partial charge in [-0.05, 0) is 30.6 Å². The van der Waals surface area contributed by atoms with E-state index in [-0.39, 0.29) is 5.97 Å². The molecule has 0 N–H and O–H groups in total. The van der Waals surface area contributed by atoms with E-state index in [4.69, 9.17) is 4.74 Å². The van der Waals surface area contributed by atoms with Gasteiger partial charge in [0.05, 0.1) is 6.61 Å². The van der Waals surface area contributed by atoms with Crippen LogP contribution in [0.5, 0.6) is 0 Å². The van der Waals surface area contributed by atoms with E-state index in [9.17, 15) is 4.79 Å². The van der Waals surface area contributed by atoms with E-state index < -0.39 is 0 Å². The molecule has 1 atom stereocenters. The summed E-state index contributed by atoms with van der Waals surface area (Å²) in [7, 11) is 0. The van der Waals surface area contributed by atoms with Crippen molar-refractivity contribution in [1.29, 1.82) is 0 Å². The zero-order chi connectivity index (χ0) is 14.7. The van der Waals surface area contributed by atoms with Crippen molar-refractivity contribution >= 4 is 5.97 Å². The molecule has 0 spiro atoms. The number of hydrogen-bond donors (Lipinski definition) is 0. The van der Waals surface area contributed by atoms with E-state index in [0.29, 0.717) is 18.4 Å². The summed E-state index contributed by atoms with van der Waals surface area (Å²) < 4.78 is 5.21. The van der Waals surface area contributed by atoms with Gasteiger partial charge in [-0.3, -0.25) is 0 Å². The Balaban J connectivity index is 3.95. The number of carbonyl (C=O) groups excluding carboxylic acids is 1. The van der Waals surface area contributed by atoms with Crippen LogP contribution in [0.2, 0.25) is 0 Å². The minimum Gasteiger partial charge on any atom is -0.462 e. The van der Waals surface area contributed by atoms with Gasteiger partial charge in [-0.2, -0.15) is 0 Å². The Morgan fingerprint density at radius 3 is 2.11 bits per heavy atom. The van der Waals surface area contributed by atoms with Crippen LogP contribution in [0.4, 0.5) is 0 Å². The monoisotopic (exact) mass is 268 g/mol. The molecule has 0 aliphatic rings. The first-order valence-electron chi connectivity index (χ1n) is 7.74. The van der Waals surface area contributed by atoms with Gasteiger partial charge in [0.25, 0.3) is 0 Å². The van der Waals surface area contributed by atoms with E-state index >= 15 is 0 Å². The van der Waals surface area contributed by atoms with Crippen molar-refractivity contribution in [2.75, 3.05) is 6.61 Å². The normalized spacial score (nSPS) is 12.7. The van der Waals surface area contributed by atoms with Crippen LogP contribution in [0.25, 0.3) is 0 Å². The maximum absolute atomic E-state index is 11.1. The van der Waals surface area contributed by atoms with E-state index in [0.717, 1.165) is 12.3 Å². The first-order valence-corrected chi connectivity index (χ1v) is 7.74. The van der Waals surface area contributed by atoms with Gasteiger partial charge in [0.2, 0.25) is 0 Å². The SMILES string of the molecule is C=CC(=O)OCC(CCCCC(C)C)CCC(C)C. The summed E-state index contributed by atoms with van der Waals surface area (Å²) in [6.07, 6.45) is 8.60. The fourth-order valence-corrected chi connectivity index (χ4v) is 2.12. The minimum atomic E-state index is -0.295. The molecule has 2 nitrogen and oxygen atoms in total. The first kappa shape index (κ1) is 18.2. The summed E-state index contributed by atoms with van der Waals surface area (Å²) in [5.74, 6) is 1.72. The number of ether oxygens (including phenoxy) is 1. The summed E-state index contributed by atoms with van der Waals surface area (Å²) >= 11 is 0. The molecule has 2 heteroatoms. The van der Waals surface area contributed by atoms with Crippen molar-refractivity contribution < 1.29 is 9.53 Å². The van der Waals surface area contributed by atoms with Crippen molar-refractivity contribution in [2.24, 2.45) is 17.8 Å². The van der Waals surface area contributed by atoms with Gasteiger partial charge < -0.3 is 4.74 Å². The third-order valence-electron chi connectivity index (χ3n) is 3.42. The molecule has 19 heavy (non-hydrogen) atoms. The van der Waals surface area contributed by atoms with E-state index in [2.05, 4.69) is 34.3 Å². The molecule has 112 valence electrons. The highest BCUT2D eigenvalue weighted by Crippen LogP contribution is 2.20. The van der Waals surface area contributed by atoms with E-state index in [1.807, 2.05) is 0 Å². The molecule has 0 rings (SSSR count). The van der Waals surface area contributed by atoms with Crippen LogP contribution >= 0.6 is 0 Å². The van der Waals surface area contributed by atoms with Gasteiger partial charge in [-0.15, -0.1) is 0 Å². The van der Waals surface area contributed by atoms with E-state index in [1.54, 1.807) is 0 Å². The average Bonchev–Trinajstić information content (AvgIpc) is 2.35. The Labute approximate surface area is 119 Å². The molecule has 0 radical (unpaired) electrons. The highest BCUT2D eigenvalue weighted by atomic mass is 16.5. The van der Waals surface area contributed by atoms with Crippen molar-refractivity contribution in [3.63, 3.8) is 0 Å². The maximum atomic E-state index is 11.1. The molecule has 0 saturated carbocycles. The molecule has 0 fully saturated rings. The van der Waals surface area contributed by atoms with Gasteiger partial charge >= 0.3 is 5.97 Å². The highest BCUT2D eigenvalue weighted by Gasteiger charge is 2.12. The molecule has 1 unspecified atom stereocenters. The smallest absolute Gasteiger partial charge is 0.330 e. The lowest BCUT2D eigenvalue weighted by Gasteiger charge is -2.18. The largest absolute Gasteiger partial charge is 0.462 e. The lowest BCUT2D eigenvalue weighted by Crippen LogP contribution is -2.14. The Hall–Kier alpha value is -0.790. The average molecular weight is 268 g/mol. The fourth-order valence-electron chi connectivity index (χ4n) is 2.12. The molecule has 0 aromatic rings. The van der Waals surface area contributed by atoms with Crippen molar-refractivity contribution in [1.82, 2.24) is 0 Å². The van der Waals surface area contributed by atoms with Gasteiger partial charge in [-0.25, -0.2) is 4.79 Å². The van der Waals surface area contributed by atoms with Crippen LogP contribution in [0, 0.1) is 17.8 Å². The van der Waals surface area contributed by atoms with Crippen LogP contribution in [-0.2, 0) is 9.53 Å². The molecule has 0 aromatic heterocycles. The summed E-state index contributed by atoms with van der Waals surface area (Å²) in [5.41, 5.74) is 0. The molecule has 0 aliphatic heterocycles. The van der Waals surface area contributed by atoms with Crippen molar-refractivity contribution in [2.45, 2.75) is 66.2 Å². The van der Waals surface area contributed by atoms with Crippen LogP contribution < -0.4 is 0 Å². The Bertz CT molecular complexity index is 244. The second kappa shape index (κ2) is 11.1. The van der Waals surface area contributed by atoms with E-state index in [1.165, 1.54) is 38.2 Å². The lowest BCUT2D eigenvalue weighted by atomic mass is 9.93. The van der Waals surface area contributed by atoms with Crippen molar-refractivity contribution in [3.05, 3.63) is 12.7 Å². The van der Waals surface area contributed by atoms with Crippen molar-refractivity contribution in [3.8, 4) is 0 Å². The summed E-state index contributed by atoms with van der Waals surface area (Å²) in [6, 6.07) is 0. The third-order valence-corrected chi connectivity index (χ3v) is 3.42. The van der Waals surface area contributed by atoms with Gasteiger partial charge in [0, 0.05) is 6.08 Å². The van der Waals surface area contributed by atoms with Crippen LogP contribution in [0.1, 0.15) is 66.2 Å². The molecule has 0 aromatic carbocycles. The molecule has 0 aliphatic carbocycles. The van der Waals surface area contributed by atoms with Gasteiger partial charge in [0.15, 0.2) is 0 Å². The third kappa shape index (κ3) is 12.0. The second-order valence-electron chi connectivity index (χ2n) is 6.35. The zero-order valence-corrected chi connectivity index (χ0v) is 13.3. The summed E-state index contributed by atoms with van der Waals surface area (Å²) in [5, 5.41) is 0. The number of carbonyl (C=O) groups is 1. The maximum Gasteiger partial charge on any atom is 0.330 e. The lowest BCUT2D eigenvalue weighted by molar-refractivity contribution is -0.139. The molecule has 0 saturated heterocycles. The molecular formula is C17H32O2. The van der Waals surface area contributed by atoms with Crippen LogP contribution in [0.15, 0.2) is 12.7 Å². The standard InChI is InChI=1S/C17H32O2/c1-6-17(18)19-13-16(12-11-15(4)5)10-8-7-9-14(2)3/h6,14-16H,1,7-13H2,2-5H3. The number of esters is 1. The molecule has 0 heterocycles. The molecule has 0 amide bonds. The molecule has 0 bridgehead atoms. The highest BCUT2D eigenvalue weighted by molar-refractivity contribution is 5.81.